The standard InChI is InChI=1S/C35H42O6/c36-30(13-14-34-19-23-15-24(20-34)17-25(16-23)21-34)11-9-29-10-12-31(37)35(29,22-32(38)39)41-33(40)28-8-4-7-27(18-28)26-5-2-1-3-6-26/h1-9,11,18,23-25,29-31,36-37H,10,12-17,19-22H2,(H,38,39). The second kappa shape index (κ2) is 11.4. The van der Waals surface area contributed by atoms with E-state index < -0.39 is 42.1 Å². The molecule has 0 radical (unpaired) electrons. The smallest absolute Gasteiger partial charge is 0.338 e. The van der Waals surface area contributed by atoms with Gasteiger partial charge in [-0.3, -0.25) is 4.79 Å². The van der Waals surface area contributed by atoms with Gasteiger partial charge in [-0.25, -0.2) is 4.79 Å². The van der Waals surface area contributed by atoms with Gasteiger partial charge in [0.05, 0.1) is 24.2 Å². The number of aliphatic hydroxyl groups is 2. The third-order valence-electron chi connectivity index (χ3n) is 10.6. The fourth-order valence-corrected chi connectivity index (χ4v) is 9.09. The van der Waals surface area contributed by atoms with Crippen LogP contribution in [0.1, 0.15) is 81.0 Å². The van der Waals surface area contributed by atoms with E-state index in [-0.39, 0.29) is 0 Å². The van der Waals surface area contributed by atoms with Crippen molar-refractivity contribution in [1.29, 1.82) is 0 Å². The van der Waals surface area contributed by atoms with E-state index in [0.29, 0.717) is 30.2 Å². The molecular formula is C35H42O6. The highest BCUT2D eigenvalue weighted by molar-refractivity contribution is 5.91. The maximum atomic E-state index is 13.4. The monoisotopic (exact) mass is 558 g/mol. The maximum Gasteiger partial charge on any atom is 0.338 e. The van der Waals surface area contributed by atoms with Crippen molar-refractivity contribution in [1.82, 2.24) is 0 Å². The minimum atomic E-state index is -1.60. The zero-order valence-electron chi connectivity index (χ0n) is 23.7. The maximum absolute atomic E-state index is 13.4. The Morgan fingerprint density at radius 3 is 2.24 bits per heavy atom. The summed E-state index contributed by atoms with van der Waals surface area (Å²) in [6.07, 6.45) is 11.8. The van der Waals surface area contributed by atoms with Crippen molar-refractivity contribution in [3.63, 3.8) is 0 Å². The zero-order chi connectivity index (χ0) is 28.6. The Balaban J connectivity index is 1.15. The van der Waals surface area contributed by atoms with Crippen LogP contribution in [0.3, 0.4) is 0 Å². The molecule has 0 saturated heterocycles. The molecular weight excluding hydrogens is 516 g/mol. The van der Waals surface area contributed by atoms with Crippen molar-refractivity contribution >= 4 is 11.9 Å². The number of carbonyl (C=O) groups is 2. The molecule has 6 heteroatoms. The molecule has 0 heterocycles. The van der Waals surface area contributed by atoms with Gasteiger partial charge in [-0.2, -0.15) is 0 Å². The average molecular weight is 559 g/mol. The van der Waals surface area contributed by atoms with Gasteiger partial charge in [-0.05, 0) is 111 Å². The van der Waals surface area contributed by atoms with Gasteiger partial charge in [0, 0.05) is 5.92 Å². The zero-order valence-corrected chi connectivity index (χ0v) is 23.7. The van der Waals surface area contributed by atoms with E-state index in [0.717, 1.165) is 35.3 Å². The molecule has 0 spiro atoms. The Bertz CT molecular complexity index is 1250. The first-order valence-corrected chi connectivity index (χ1v) is 15.4. The summed E-state index contributed by atoms with van der Waals surface area (Å²) < 4.78 is 5.97. The molecule has 5 fully saturated rings. The number of carbonyl (C=O) groups excluding carboxylic acids is 1. The first-order chi connectivity index (χ1) is 19.7. The number of hydrogen-bond acceptors (Lipinski definition) is 5. The predicted molar refractivity (Wildman–Crippen MR) is 156 cm³/mol. The summed E-state index contributed by atoms with van der Waals surface area (Å²) in [4.78, 5) is 25.4. The third-order valence-corrected chi connectivity index (χ3v) is 10.6. The van der Waals surface area contributed by atoms with Crippen LogP contribution in [-0.4, -0.2) is 45.1 Å². The lowest BCUT2D eigenvalue weighted by Gasteiger charge is -2.57. The Morgan fingerprint density at radius 2 is 1.59 bits per heavy atom. The minimum Gasteiger partial charge on any atom is -0.481 e. The van der Waals surface area contributed by atoms with Crippen LogP contribution in [0.4, 0.5) is 0 Å². The average Bonchev–Trinajstić information content (AvgIpc) is 3.24. The molecule has 0 aromatic heterocycles. The minimum absolute atomic E-state index is 0.300. The number of ether oxygens (including phenoxy) is 1. The van der Waals surface area contributed by atoms with Crippen molar-refractivity contribution in [2.24, 2.45) is 29.1 Å². The molecule has 0 amide bonds. The number of aliphatic carboxylic acids is 1. The first-order valence-electron chi connectivity index (χ1n) is 15.4. The molecule has 3 N–H and O–H groups in total. The molecule has 4 unspecified atom stereocenters. The van der Waals surface area contributed by atoms with Crippen molar-refractivity contribution in [3.8, 4) is 11.1 Å². The summed E-state index contributed by atoms with van der Waals surface area (Å²) in [7, 11) is 0. The molecule has 2 aromatic rings. The molecule has 0 aliphatic heterocycles. The summed E-state index contributed by atoms with van der Waals surface area (Å²) in [5.74, 6) is 0.295. The third kappa shape index (κ3) is 5.87. The van der Waals surface area contributed by atoms with Crippen LogP contribution in [0, 0.1) is 29.1 Å². The molecule has 4 bridgehead atoms. The van der Waals surface area contributed by atoms with Crippen LogP contribution in [0.2, 0.25) is 0 Å². The summed E-state index contributed by atoms with van der Waals surface area (Å²) in [5, 5.41) is 31.8. The highest BCUT2D eigenvalue weighted by atomic mass is 16.6. The lowest BCUT2D eigenvalue weighted by atomic mass is 9.48. The number of rotatable bonds is 10. The Labute approximate surface area is 242 Å². The largest absolute Gasteiger partial charge is 0.481 e. The molecule has 5 aliphatic carbocycles. The second-order valence-electron chi connectivity index (χ2n) is 13.5. The predicted octanol–water partition coefficient (Wildman–Crippen LogP) is 6.41. The van der Waals surface area contributed by atoms with Gasteiger partial charge in [0.1, 0.15) is 0 Å². The van der Waals surface area contributed by atoms with Crippen molar-refractivity contribution in [2.75, 3.05) is 0 Å². The van der Waals surface area contributed by atoms with E-state index in [2.05, 4.69) is 0 Å². The van der Waals surface area contributed by atoms with Gasteiger partial charge >= 0.3 is 11.9 Å². The molecule has 218 valence electrons. The topological polar surface area (TPSA) is 104 Å². The molecule has 6 nitrogen and oxygen atoms in total. The number of carboxylic acids is 1. The number of aliphatic hydroxyl groups excluding tert-OH is 2. The number of carboxylic acid groups (broad SMARTS) is 1. The molecule has 5 aliphatic rings. The number of benzene rings is 2. The van der Waals surface area contributed by atoms with E-state index in [1.165, 1.54) is 38.5 Å². The van der Waals surface area contributed by atoms with Crippen LogP contribution < -0.4 is 0 Å². The van der Waals surface area contributed by atoms with E-state index in [9.17, 15) is 24.9 Å². The molecule has 41 heavy (non-hydrogen) atoms. The summed E-state index contributed by atoms with van der Waals surface area (Å²) in [6.45, 7) is 0. The van der Waals surface area contributed by atoms with E-state index >= 15 is 0 Å². The number of esters is 1. The molecule has 7 rings (SSSR count). The van der Waals surface area contributed by atoms with E-state index in [1.807, 2.05) is 36.4 Å². The molecule has 5 saturated carbocycles. The molecule has 4 atom stereocenters. The van der Waals surface area contributed by atoms with Gasteiger partial charge in [-0.1, -0.05) is 54.6 Å². The van der Waals surface area contributed by atoms with Crippen molar-refractivity contribution in [2.45, 2.75) is 88.4 Å². The Kier molecular flexibility index (Phi) is 7.82. The quantitative estimate of drug-likeness (QED) is 0.230. The van der Waals surface area contributed by atoms with E-state index in [4.69, 9.17) is 4.74 Å². The van der Waals surface area contributed by atoms with Crippen LogP contribution in [0.25, 0.3) is 11.1 Å². The normalized spacial score (nSPS) is 34.6. The van der Waals surface area contributed by atoms with Gasteiger partial charge in [-0.15, -0.1) is 0 Å². The highest BCUT2D eigenvalue weighted by Crippen LogP contribution is 2.61. The van der Waals surface area contributed by atoms with Gasteiger partial charge in [0.15, 0.2) is 5.60 Å². The SMILES string of the molecule is O=C(O)CC1(OC(=O)c2cccc(-c3ccccc3)c2)C(O)CCC1C=CC(O)CCC12CC3CC(CC(C3)C1)C2. The Hall–Kier alpha value is -2.96. The first kappa shape index (κ1) is 28.2. The second-order valence-corrected chi connectivity index (χ2v) is 13.5. The fraction of sp³-hybridized carbons (Fsp3) is 0.543. The summed E-state index contributed by atoms with van der Waals surface area (Å²) in [5.41, 5.74) is 0.879. The van der Waals surface area contributed by atoms with Crippen LogP contribution in [0.5, 0.6) is 0 Å². The number of hydrogen-bond donors (Lipinski definition) is 3. The van der Waals surface area contributed by atoms with Crippen LogP contribution in [0.15, 0.2) is 66.7 Å². The fourth-order valence-electron chi connectivity index (χ4n) is 9.09. The van der Waals surface area contributed by atoms with Crippen molar-refractivity contribution in [3.05, 3.63) is 72.3 Å². The van der Waals surface area contributed by atoms with Gasteiger partial charge < -0.3 is 20.1 Å². The highest BCUT2D eigenvalue weighted by Gasteiger charge is 2.54. The van der Waals surface area contributed by atoms with Gasteiger partial charge in [0.2, 0.25) is 0 Å². The summed E-state index contributed by atoms with van der Waals surface area (Å²) >= 11 is 0. The van der Waals surface area contributed by atoms with Crippen molar-refractivity contribution < 1.29 is 29.6 Å². The lowest BCUT2D eigenvalue weighted by Crippen LogP contribution is -2.48. The van der Waals surface area contributed by atoms with Crippen LogP contribution in [-0.2, 0) is 9.53 Å². The van der Waals surface area contributed by atoms with E-state index in [1.54, 1.807) is 30.4 Å². The molecule has 2 aromatic carbocycles. The summed E-state index contributed by atoms with van der Waals surface area (Å²) in [6, 6.07) is 16.7. The van der Waals surface area contributed by atoms with Crippen LogP contribution >= 0.6 is 0 Å². The lowest BCUT2D eigenvalue weighted by molar-refractivity contribution is -0.150. The van der Waals surface area contributed by atoms with Gasteiger partial charge in [0.25, 0.3) is 0 Å². The Morgan fingerprint density at radius 1 is 0.927 bits per heavy atom.